The van der Waals surface area contributed by atoms with Gasteiger partial charge in [0, 0.05) is 35.2 Å². The first-order valence-corrected chi connectivity index (χ1v) is 8.96. The molecule has 2 rings (SSSR count). The minimum Gasteiger partial charge on any atom is -0.307 e. The zero-order chi connectivity index (χ0) is 15.5. The van der Waals surface area contributed by atoms with Crippen LogP contribution in [-0.2, 0) is 0 Å². The molecule has 1 aliphatic heterocycles. The molecule has 3 heteroatoms. The standard InChI is InChI=1S/C18H29BrN2/c1-5-17(14-7-6-8-15(19)13-14)20-16-9-11-21(12-10-16)18(2,3)4/h6-8,13,16-17,20H,5,9-12H2,1-4H3. The van der Waals surface area contributed by atoms with Crippen molar-refractivity contribution in [3.8, 4) is 0 Å². The molecule has 0 spiro atoms. The van der Waals surface area contributed by atoms with Crippen LogP contribution >= 0.6 is 15.9 Å². The summed E-state index contributed by atoms with van der Waals surface area (Å²) in [7, 11) is 0. The Morgan fingerprint density at radius 3 is 2.48 bits per heavy atom. The van der Waals surface area contributed by atoms with Crippen molar-refractivity contribution in [3.05, 3.63) is 34.3 Å². The summed E-state index contributed by atoms with van der Waals surface area (Å²) in [5.41, 5.74) is 1.70. The number of hydrogen-bond acceptors (Lipinski definition) is 2. The normalized spacial score (nSPS) is 19.7. The minimum absolute atomic E-state index is 0.305. The predicted octanol–water partition coefficient (Wildman–Crippen LogP) is 4.75. The van der Waals surface area contributed by atoms with E-state index in [1.807, 2.05) is 0 Å². The van der Waals surface area contributed by atoms with Crippen molar-refractivity contribution in [2.75, 3.05) is 13.1 Å². The smallest absolute Gasteiger partial charge is 0.0320 e. The third-order valence-corrected chi connectivity index (χ3v) is 5.03. The van der Waals surface area contributed by atoms with Gasteiger partial charge in [0.15, 0.2) is 0 Å². The number of nitrogens with zero attached hydrogens (tertiary/aromatic N) is 1. The molecule has 2 nitrogen and oxygen atoms in total. The van der Waals surface area contributed by atoms with E-state index >= 15 is 0 Å². The molecule has 1 unspecified atom stereocenters. The fourth-order valence-corrected chi connectivity index (χ4v) is 3.59. The van der Waals surface area contributed by atoms with Crippen molar-refractivity contribution in [3.63, 3.8) is 0 Å². The average molecular weight is 353 g/mol. The van der Waals surface area contributed by atoms with Crippen molar-refractivity contribution in [2.45, 2.75) is 64.6 Å². The van der Waals surface area contributed by atoms with Gasteiger partial charge in [-0.3, -0.25) is 4.90 Å². The van der Waals surface area contributed by atoms with Crippen molar-refractivity contribution in [1.29, 1.82) is 0 Å². The lowest BCUT2D eigenvalue weighted by Gasteiger charge is -2.41. The average Bonchev–Trinajstić information content (AvgIpc) is 2.44. The van der Waals surface area contributed by atoms with Crippen molar-refractivity contribution < 1.29 is 0 Å². The van der Waals surface area contributed by atoms with Crippen LogP contribution in [0.2, 0.25) is 0 Å². The number of benzene rings is 1. The van der Waals surface area contributed by atoms with Crippen LogP contribution in [0.15, 0.2) is 28.7 Å². The van der Waals surface area contributed by atoms with E-state index in [2.05, 4.69) is 78.1 Å². The Labute approximate surface area is 138 Å². The van der Waals surface area contributed by atoms with E-state index in [4.69, 9.17) is 0 Å². The van der Waals surface area contributed by atoms with Crippen molar-refractivity contribution in [1.82, 2.24) is 10.2 Å². The van der Waals surface area contributed by atoms with Gasteiger partial charge < -0.3 is 5.32 Å². The molecule has 1 heterocycles. The summed E-state index contributed by atoms with van der Waals surface area (Å²) in [5.74, 6) is 0. The van der Waals surface area contributed by atoms with Crippen molar-refractivity contribution in [2.24, 2.45) is 0 Å². The maximum atomic E-state index is 3.87. The molecule has 1 aliphatic rings. The highest BCUT2D eigenvalue weighted by Gasteiger charge is 2.27. The van der Waals surface area contributed by atoms with Gasteiger partial charge in [-0.25, -0.2) is 0 Å². The summed E-state index contributed by atoms with van der Waals surface area (Å²) in [4.78, 5) is 2.60. The van der Waals surface area contributed by atoms with E-state index < -0.39 is 0 Å². The van der Waals surface area contributed by atoms with Crippen molar-refractivity contribution >= 4 is 15.9 Å². The zero-order valence-electron chi connectivity index (χ0n) is 13.8. The summed E-state index contributed by atoms with van der Waals surface area (Å²) in [5, 5.41) is 3.87. The van der Waals surface area contributed by atoms with Crippen LogP contribution in [0.25, 0.3) is 0 Å². The number of likely N-dealkylation sites (tertiary alicyclic amines) is 1. The second-order valence-corrected chi connectivity index (χ2v) is 8.03. The summed E-state index contributed by atoms with van der Waals surface area (Å²) in [6.07, 6.45) is 3.64. The third kappa shape index (κ3) is 4.80. The maximum absolute atomic E-state index is 3.87. The highest BCUT2D eigenvalue weighted by Crippen LogP contribution is 2.25. The second-order valence-electron chi connectivity index (χ2n) is 7.11. The first-order valence-electron chi connectivity index (χ1n) is 8.16. The molecule has 21 heavy (non-hydrogen) atoms. The SMILES string of the molecule is CCC(NC1CCN(C(C)(C)C)CC1)c1cccc(Br)c1. The van der Waals surface area contributed by atoms with Crippen LogP contribution in [0.5, 0.6) is 0 Å². The monoisotopic (exact) mass is 352 g/mol. The predicted molar refractivity (Wildman–Crippen MR) is 94.7 cm³/mol. The summed E-state index contributed by atoms with van der Waals surface area (Å²) in [6, 6.07) is 9.81. The van der Waals surface area contributed by atoms with Gasteiger partial charge in [-0.2, -0.15) is 0 Å². The Bertz CT molecular complexity index is 445. The molecule has 1 N–H and O–H groups in total. The summed E-state index contributed by atoms with van der Waals surface area (Å²) in [6.45, 7) is 11.6. The van der Waals surface area contributed by atoms with Gasteiger partial charge in [0.1, 0.15) is 0 Å². The van der Waals surface area contributed by atoms with Crippen LogP contribution in [0, 0.1) is 0 Å². The molecule has 0 aliphatic carbocycles. The molecule has 1 atom stereocenters. The molecule has 0 radical (unpaired) electrons. The summed E-state index contributed by atoms with van der Waals surface area (Å²) >= 11 is 3.58. The lowest BCUT2D eigenvalue weighted by molar-refractivity contribution is 0.0935. The van der Waals surface area contributed by atoms with E-state index in [-0.39, 0.29) is 0 Å². The third-order valence-electron chi connectivity index (χ3n) is 4.54. The zero-order valence-corrected chi connectivity index (χ0v) is 15.4. The Balaban J connectivity index is 1.92. The highest BCUT2D eigenvalue weighted by molar-refractivity contribution is 9.10. The maximum Gasteiger partial charge on any atom is 0.0320 e. The van der Waals surface area contributed by atoms with Gasteiger partial charge in [0.2, 0.25) is 0 Å². The Hall–Kier alpha value is -0.380. The fraction of sp³-hybridized carbons (Fsp3) is 0.667. The molecule has 1 aromatic rings. The van der Waals surface area contributed by atoms with Crippen LogP contribution in [0.1, 0.15) is 58.6 Å². The fourth-order valence-electron chi connectivity index (χ4n) is 3.17. The molecule has 1 aromatic carbocycles. The minimum atomic E-state index is 0.305. The second kappa shape index (κ2) is 7.26. The van der Waals surface area contributed by atoms with Gasteiger partial charge in [0.25, 0.3) is 0 Å². The molecule has 0 aromatic heterocycles. The van der Waals surface area contributed by atoms with Gasteiger partial charge in [-0.05, 0) is 57.7 Å². The van der Waals surface area contributed by atoms with Crippen LogP contribution < -0.4 is 5.32 Å². The van der Waals surface area contributed by atoms with Gasteiger partial charge >= 0.3 is 0 Å². The Kier molecular flexibility index (Phi) is 5.87. The van der Waals surface area contributed by atoms with E-state index in [1.165, 1.54) is 36.0 Å². The highest BCUT2D eigenvalue weighted by atomic mass is 79.9. The van der Waals surface area contributed by atoms with E-state index in [9.17, 15) is 0 Å². The number of nitrogens with one attached hydrogen (secondary N) is 1. The number of halogens is 1. The molecular formula is C18H29BrN2. The van der Waals surface area contributed by atoms with Gasteiger partial charge in [0.05, 0.1) is 0 Å². The topological polar surface area (TPSA) is 15.3 Å². The Morgan fingerprint density at radius 1 is 1.29 bits per heavy atom. The molecule has 1 saturated heterocycles. The molecular weight excluding hydrogens is 324 g/mol. The largest absolute Gasteiger partial charge is 0.307 e. The van der Waals surface area contributed by atoms with Crippen LogP contribution in [0.3, 0.4) is 0 Å². The molecule has 118 valence electrons. The van der Waals surface area contributed by atoms with E-state index in [1.54, 1.807) is 0 Å². The first kappa shape index (κ1) is 17.0. The molecule has 0 bridgehead atoms. The quantitative estimate of drug-likeness (QED) is 0.840. The number of rotatable bonds is 4. The first-order chi connectivity index (χ1) is 9.90. The lowest BCUT2D eigenvalue weighted by atomic mass is 9.96. The van der Waals surface area contributed by atoms with E-state index in [0.717, 1.165) is 6.42 Å². The molecule has 1 fully saturated rings. The number of piperidine rings is 1. The van der Waals surface area contributed by atoms with Gasteiger partial charge in [-0.1, -0.05) is 35.0 Å². The Morgan fingerprint density at radius 2 is 1.95 bits per heavy atom. The van der Waals surface area contributed by atoms with E-state index in [0.29, 0.717) is 17.6 Å². The van der Waals surface area contributed by atoms with Crippen LogP contribution in [0.4, 0.5) is 0 Å². The van der Waals surface area contributed by atoms with Crippen LogP contribution in [-0.4, -0.2) is 29.6 Å². The summed E-state index contributed by atoms with van der Waals surface area (Å²) < 4.78 is 1.17. The molecule has 0 amide bonds. The molecule has 0 saturated carbocycles. The van der Waals surface area contributed by atoms with Gasteiger partial charge in [-0.15, -0.1) is 0 Å². The lowest BCUT2D eigenvalue weighted by Crippen LogP contribution is -2.50. The number of hydrogen-bond donors (Lipinski definition) is 1.